The molecule has 3 rings (SSSR count). The number of fused-ring (bicyclic) bond motifs is 1. The van der Waals surface area contributed by atoms with Crippen LogP contribution < -0.4 is 11.1 Å². The zero-order chi connectivity index (χ0) is 17.6. The van der Waals surface area contributed by atoms with Crippen molar-refractivity contribution < 1.29 is 0 Å². The highest BCUT2D eigenvalue weighted by molar-refractivity contribution is 6.41. The second kappa shape index (κ2) is 6.17. The highest BCUT2D eigenvalue weighted by Gasteiger charge is 2.29. The number of aromatic amines is 1. The van der Waals surface area contributed by atoms with Gasteiger partial charge in [-0.05, 0) is 39.7 Å². The van der Waals surface area contributed by atoms with Crippen LogP contribution in [0.1, 0.15) is 39.7 Å². The average Bonchev–Trinajstić information content (AvgIpc) is 2.50. The number of nitrogens with zero attached hydrogens (tertiary/aromatic N) is 3. The molecule has 8 heteroatoms. The Morgan fingerprint density at radius 1 is 1.21 bits per heavy atom. The van der Waals surface area contributed by atoms with Crippen molar-refractivity contribution in [2.75, 3.05) is 13.1 Å². The molecule has 0 unspecified atom stereocenters. The maximum Gasteiger partial charge on any atom is 0.318 e. The Balaban J connectivity index is 2.07. The summed E-state index contributed by atoms with van der Waals surface area (Å²) in [5.74, 6) is 0. The van der Waals surface area contributed by atoms with Gasteiger partial charge in [0, 0.05) is 24.7 Å². The summed E-state index contributed by atoms with van der Waals surface area (Å²) in [6.07, 6.45) is 1.55. The molecule has 6 nitrogen and oxygen atoms in total. The highest BCUT2D eigenvalue weighted by atomic mass is 35.5. The first-order chi connectivity index (χ1) is 11.2. The molecule has 3 heterocycles. The Morgan fingerprint density at radius 2 is 1.83 bits per heavy atom. The van der Waals surface area contributed by atoms with E-state index in [1.165, 1.54) is 10.6 Å². The van der Waals surface area contributed by atoms with E-state index in [0.717, 1.165) is 25.9 Å². The van der Waals surface area contributed by atoms with Gasteiger partial charge < -0.3 is 4.98 Å². The van der Waals surface area contributed by atoms with Gasteiger partial charge in [-0.25, -0.2) is 4.98 Å². The molecule has 1 fully saturated rings. The maximum absolute atomic E-state index is 12.4. The molecule has 1 N–H and O–H groups in total. The van der Waals surface area contributed by atoms with Gasteiger partial charge in [0.2, 0.25) is 0 Å². The lowest BCUT2D eigenvalue weighted by atomic mass is 9.98. The van der Waals surface area contributed by atoms with Crippen LogP contribution in [0.2, 0.25) is 10.2 Å². The quantitative estimate of drug-likeness (QED) is 0.618. The lowest BCUT2D eigenvalue weighted by Crippen LogP contribution is -2.48. The predicted octanol–water partition coefficient (Wildman–Crippen LogP) is 2.83. The van der Waals surface area contributed by atoms with E-state index in [1.54, 1.807) is 0 Å². The molecule has 1 aliphatic rings. The number of nitrogens with one attached hydrogen (secondary N) is 1. The molecule has 24 heavy (non-hydrogen) atoms. The molecule has 0 amide bonds. The molecule has 1 saturated heterocycles. The molecule has 0 atom stereocenters. The summed E-state index contributed by atoms with van der Waals surface area (Å²) in [5, 5.41) is 0.365. The van der Waals surface area contributed by atoms with Crippen molar-refractivity contribution in [2.45, 2.75) is 45.2 Å². The van der Waals surface area contributed by atoms with Gasteiger partial charge in [-0.2, -0.15) is 0 Å². The minimum absolute atomic E-state index is 0.0781. The van der Waals surface area contributed by atoms with E-state index in [0.29, 0.717) is 11.2 Å². The molecule has 0 spiro atoms. The smallest absolute Gasteiger partial charge is 0.315 e. The summed E-state index contributed by atoms with van der Waals surface area (Å²) in [6.45, 7) is 8.23. The fraction of sp³-hybridized carbons (Fsp3) is 0.562. The first-order valence-corrected chi connectivity index (χ1v) is 8.69. The van der Waals surface area contributed by atoms with Crippen molar-refractivity contribution in [1.82, 2.24) is 19.4 Å². The minimum Gasteiger partial charge on any atom is -0.315 e. The molecule has 2 aromatic rings. The van der Waals surface area contributed by atoms with Crippen molar-refractivity contribution >= 4 is 34.4 Å². The first kappa shape index (κ1) is 17.5. The Hall–Kier alpha value is -1.37. The van der Waals surface area contributed by atoms with Crippen LogP contribution in [0.15, 0.2) is 15.7 Å². The van der Waals surface area contributed by atoms with Gasteiger partial charge in [-0.3, -0.25) is 19.1 Å². The van der Waals surface area contributed by atoms with Crippen LogP contribution in [-0.4, -0.2) is 38.1 Å². The van der Waals surface area contributed by atoms with E-state index in [9.17, 15) is 9.59 Å². The van der Waals surface area contributed by atoms with Gasteiger partial charge in [0.05, 0.1) is 10.5 Å². The number of halogens is 2. The molecule has 2 aromatic heterocycles. The summed E-state index contributed by atoms with van der Waals surface area (Å²) < 4.78 is 1.48. The van der Waals surface area contributed by atoms with Crippen LogP contribution in [0, 0.1) is 0 Å². The summed E-state index contributed by atoms with van der Waals surface area (Å²) in [5.41, 5.74) is -0.375. The van der Waals surface area contributed by atoms with Crippen LogP contribution in [0.25, 0.3) is 11.2 Å². The first-order valence-electron chi connectivity index (χ1n) is 7.94. The third-order valence-electron chi connectivity index (χ3n) is 4.58. The second-order valence-corrected chi connectivity index (χ2v) is 7.92. The van der Waals surface area contributed by atoms with Gasteiger partial charge in [0.15, 0.2) is 5.65 Å². The summed E-state index contributed by atoms with van der Waals surface area (Å²) in [4.78, 5) is 33.6. The maximum atomic E-state index is 12.4. The molecular weight excluding hydrogens is 351 g/mol. The van der Waals surface area contributed by atoms with E-state index in [-0.39, 0.29) is 21.8 Å². The SMILES string of the molecule is CC(C)(C)N1CCC(n2c(=O)c(=O)[nH]c3cc(Cl)c(Cl)nc32)CC1. The van der Waals surface area contributed by atoms with Crippen molar-refractivity contribution in [3.8, 4) is 0 Å². The van der Waals surface area contributed by atoms with Crippen LogP contribution in [0.5, 0.6) is 0 Å². The van der Waals surface area contributed by atoms with Crippen molar-refractivity contribution in [2.24, 2.45) is 0 Å². The van der Waals surface area contributed by atoms with Crippen LogP contribution in [0.4, 0.5) is 0 Å². The molecule has 0 radical (unpaired) electrons. The van der Waals surface area contributed by atoms with Crippen LogP contribution in [0.3, 0.4) is 0 Å². The summed E-state index contributed by atoms with van der Waals surface area (Å²) in [7, 11) is 0. The number of hydrogen-bond donors (Lipinski definition) is 1. The van der Waals surface area contributed by atoms with Gasteiger partial charge in [-0.1, -0.05) is 23.2 Å². The number of likely N-dealkylation sites (tertiary alicyclic amines) is 1. The van der Waals surface area contributed by atoms with E-state index >= 15 is 0 Å². The Kier molecular flexibility index (Phi) is 4.49. The standard InChI is InChI=1S/C16H20Cl2N4O2/c1-16(2,3)21-6-4-9(5-7-21)22-13-11(19-14(23)15(22)24)8-10(17)12(18)20-13/h8-9H,4-7H2,1-3H3,(H,19,23). The largest absolute Gasteiger partial charge is 0.318 e. The number of pyridine rings is 1. The lowest BCUT2D eigenvalue weighted by Gasteiger charge is -2.41. The van der Waals surface area contributed by atoms with E-state index < -0.39 is 11.1 Å². The normalized spacial score (nSPS) is 17.5. The molecule has 1 aliphatic heterocycles. The van der Waals surface area contributed by atoms with E-state index in [2.05, 4.69) is 35.6 Å². The Bertz CT molecular complexity index is 890. The third-order valence-corrected chi connectivity index (χ3v) is 5.25. The van der Waals surface area contributed by atoms with Crippen LogP contribution >= 0.6 is 23.2 Å². The highest BCUT2D eigenvalue weighted by Crippen LogP contribution is 2.29. The molecule has 0 aliphatic carbocycles. The predicted molar refractivity (Wildman–Crippen MR) is 96.2 cm³/mol. The van der Waals surface area contributed by atoms with Gasteiger partial charge in [0.1, 0.15) is 5.15 Å². The number of rotatable bonds is 1. The third kappa shape index (κ3) is 3.10. The summed E-state index contributed by atoms with van der Waals surface area (Å²) in [6, 6.07) is 1.46. The lowest BCUT2D eigenvalue weighted by molar-refractivity contribution is 0.0898. The zero-order valence-electron chi connectivity index (χ0n) is 13.9. The fourth-order valence-corrected chi connectivity index (χ4v) is 3.53. The zero-order valence-corrected chi connectivity index (χ0v) is 15.4. The van der Waals surface area contributed by atoms with Crippen LogP contribution in [-0.2, 0) is 0 Å². The van der Waals surface area contributed by atoms with Crippen molar-refractivity contribution in [3.63, 3.8) is 0 Å². The minimum atomic E-state index is -0.666. The van der Waals surface area contributed by atoms with Crippen molar-refractivity contribution in [3.05, 3.63) is 36.9 Å². The summed E-state index contributed by atoms with van der Waals surface area (Å²) >= 11 is 12.0. The topological polar surface area (TPSA) is 71.0 Å². The molecule has 130 valence electrons. The van der Waals surface area contributed by atoms with E-state index in [1.807, 2.05) is 0 Å². The monoisotopic (exact) mass is 370 g/mol. The van der Waals surface area contributed by atoms with Gasteiger partial charge >= 0.3 is 11.1 Å². The number of aromatic nitrogens is 3. The number of piperidine rings is 1. The fourth-order valence-electron chi connectivity index (χ4n) is 3.25. The van der Waals surface area contributed by atoms with E-state index in [4.69, 9.17) is 23.2 Å². The Morgan fingerprint density at radius 3 is 2.42 bits per heavy atom. The molecule has 0 aromatic carbocycles. The van der Waals surface area contributed by atoms with Gasteiger partial charge in [-0.15, -0.1) is 0 Å². The average molecular weight is 371 g/mol. The number of hydrogen-bond acceptors (Lipinski definition) is 4. The molecule has 0 saturated carbocycles. The van der Waals surface area contributed by atoms with Crippen molar-refractivity contribution in [1.29, 1.82) is 0 Å². The molecule has 0 bridgehead atoms. The second-order valence-electron chi connectivity index (χ2n) is 7.15. The van der Waals surface area contributed by atoms with Gasteiger partial charge in [0.25, 0.3) is 0 Å². The number of H-pyrrole nitrogens is 1. The Labute approximate surface area is 149 Å². The molecular formula is C16H20Cl2N4O2.